The Hall–Kier alpha value is -0.570. The molecule has 15 heavy (non-hydrogen) atoms. The van der Waals surface area contributed by atoms with E-state index in [1.807, 2.05) is 18.7 Å². The molecule has 1 aliphatic carbocycles. The van der Waals surface area contributed by atoms with Gasteiger partial charge in [0.1, 0.15) is 0 Å². The number of nitrogens with zero attached hydrogens (tertiary/aromatic N) is 1. The van der Waals surface area contributed by atoms with E-state index in [-0.39, 0.29) is 18.6 Å². The number of carbonyl (C=O) groups is 1. The molecule has 0 aromatic carbocycles. The third-order valence-corrected chi connectivity index (χ3v) is 3.19. The van der Waals surface area contributed by atoms with E-state index in [1.165, 1.54) is 19.3 Å². The van der Waals surface area contributed by atoms with Gasteiger partial charge in [0, 0.05) is 25.6 Å². The van der Waals surface area contributed by atoms with E-state index in [0.29, 0.717) is 25.3 Å². The highest BCUT2D eigenvalue weighted by atomic mass is 16.3. The quantitative estimate of drug-likeness (QED) is 0.731. The fraction of sp³-hybridized carbons (Fsp3) is 0.917. The lowest BCUT2D eigenvalue weighted by Crippen LogP contribution is -2.39. The Morgan fingerprint density at radius 1 is 1.47 bits per heavy atom. The van der Waals surface area contributed by atoms with Crippen LogP contribution in [0.15, 0.2) is 0 Å². The van der Waals surface area contributed by atoms with Crippen LogP contribution in [0.4, 0.5) is 0 Å². The van der Waals surface area contributed by atoms with E-state index in [9.17, 15) is 4.79 Å². The molecule has 0 heterocycles. The summed E-state index contributed by atoms with van der Waals surface area (Å²) in [7, 11) is 0. The molecule has 3 nitrogen and oxygen atoms in total. The first kappa shape index (κ1) is 12.5. The van der Waals surface area contributed by atoms with Crippen molar-refractivity contribution < 1.29 is 9.90 Å². The lowest BCUT2D eigenvalue weighted by atomic mass is 9.82. The minimum atomic E-state index is 0.167. The maximum absolute atomic E-state index is 11.9. The monoisotopic (exact) mass is 213 g/mol. The van der Waals surface area contributed by atoms with Crippen LogP contribution in [-0.4, -0.2) is 35.1 Å². The highest BCUT2D eigenvalue weighted by Gasteiger charge is 2.24. The minimum Gasteiger partial charge on any atom is -0.396 e. The van der Waals surface area contributed by atoms with Crippen LogP contribution in [0.1, 0.15) is 46.0 Å². The second-order valence-electron chi connectivity index (χ2n) is 4.76. The average molecular weight is 213 g/mol. The van der Waals surface area contributed by atoms with Crippen LogP contribution in [0.3, 0.4) is 0 Å². The smallest absolute Gasteiger partial charge is 0.223 e. The van der Waals surface area contributed by atoms with E-state index >= 15 is 0 Å². The van der Waals surface area contributed by atoms with Gasteiger partial charge in [-0.15, -0.1) is 0 Å². The van der Waals surface area contributed by atoms with Gasteiger partial charge in [0.05, 0.1) is 0 Å². The molecular weight excluding hydrogens is 190 g/mol. The SMILES string of the molecule is CC(C)N(CCCO)C(=O)CC1CCC1. The average Bonchev–Trinajstić information content (AvgIpc) is 2.11. The van der Waals surface area contributed by atoms with Crippen LogP contribution < -0.4 is 0 Å². The number of aliphatic hydroxyl groups is 1. The van der Waals surface area contributed by atoms with Crippen LogP contribution in [0, 0.1) is 5.92 Å². The molecule has 1 saturated carbocycles. The molecule has 0 spiro atoms. The van der Waals surface area contributed by atoms with E-state index < -0.39 is 0 Å². The van der Waals surface area contributed by atoms with Gasteiger partial charge in [-0.25, -0.2) is 0 Å². The molecule has 3 heteroatoms. The summed E-state index contributed by atoms with van der Waals surface area (Å²) in [5, 5.41) is 8.78. The van der Waals surface area contributed by atoms with Gasteiger partial charge in [-0.1, -0.05) is 6.42 Å². The molecule has 1 fully saturated rings. The maximum atomic E-state index is 11.9. The summed E-state index contributed by atoms with van der Waals surface area (Å²) in [5.74, 6) is 0.899. The normalized spacial score (nSPS) is 16.5. The van der Waals surface area contributed by atoms with Gasteiger partial charge in [-0.3, -0.25) is 4.79 Å². The van der Waals surface area contributed by atoms with Gasteiger partial charge < -0.3 is 10.0 Å². The molecule has 1 amide bonds. The molecule has 1 N–H and O–H groups in total. The van der Waals surface area contributed by atoms with Crippen molar-refractivity contribution in [1.29, 1.82) is 0 Å². The Balaban J connectivity index is 2.35. The molecular formula is C12H23NO2. The zero-order valence-electron chi connectivity index (χ0n) is 9.91. The van der Waals surface area contributed by atoms with Gasteiger partial charge in [-0.05, 0) is 39.0 Å². The van der Waals surface area contributed by atoms with Crippen molar-refractivity contribution in [2.75, 3.05) is 13.2 Å². The Labute approximate surface area is 92.5 Å². The Kier molecular flexibility index (Phi) is 5.09. The number of rotatable bonds is 6. The molecule has 88 valence electrons. The number of hydrogen-bond acceptors (Lipinski definition) is 2. The van der Waals surface area contributed by atoms with Gasteiger partial charge >= 0.3 is 0 Å². The second-order valence-corrected chi connectivity index (χ2v) is 4.76. The zero-order valence-corrected chi connectivity index (χ0v) is 9.91. The molecule has 0 aromatic rings. The summed E-state index contributed by atoms with van der Waals surface area (Å²) in [5.41, 5.74) is 0. The first-order valence-electron chi connectivity index (χ1n) is 6.05. The van der Waals surface area contributed by atoms with Crippen LogP contribution in [0.2, 0.25) is 0 Å². The topological polar surface area (TPSA) is 40.5 Å². The lowest BCUT2D eigenvalue weighted by Gasteiger charge is -2.31. The molecule has 0 bridgehead atoms. The summed E-state index contributed by atoms with van der Waals surface area (Å²) in [6.07, 6.45) is 5.13. The van der Waals surface area contributed by atoms with Crippen LogP contribution >= 0.6 is 0 Å². The third-order valence-electron chi connectivity index (χ3n) is 3.19. The van der Waals surface area contributed by atoms with Crippen molar-refractivity contribution in [3.8, 4) is 0 Å². The van der Waals surface area contributed by atoms with Crippen molar-refractivity contribution >= 4 is 5.91 Å². The highest BCUT2D eigenvalue weighted by molar-refractivity contribution is 5.76. The fourth-order valence-electron chi connectivity index (χ4n) is 1.97. The second kappa shape index (κ2) is 6.11. The lowest BCUT2D eigenvalue weighted by molar-refractivity contribution is -0.134. The summed E-state index contributed by atoms with van der Waals surface area (Å²) in [6, 6.07) is 0.254. The standard InChI is InChI=1S/C12H23NO2/c1-10(2)13(7-4-8-14)12(15)9-11-5-3-6-11/h10-11,14H,3-9H2,1-2H3. The van der Waals surface area contributed by atoms with Crippen LogP contribution in [0.25, 0.3) is 0 Å². The van der Waals surface area contributed by atoms with E-state index in [0.717, 1.165) is 0 Å². The van der Waals surface area contributed by atoms with E-state index in [2.05, 4.69) is 0 Å². The van der Waals surface area contributed by atoms with Crippen molar-refractivity contribution in [3.05, 3.63) is 0 Å². The molecule has 0 aromatic heterocycles. The summed E-state index contributed by atoms with van der Waals surface area (Å²) in [4.78, 5) is 13.8. The largest absolute Gasteiger partial charge is 0.396 e. The van der Waals surface area contributed by atoms with Gasteiger partial charge in [0.15, 0.2) is 0 Å². The highest BCUT2D eigenvalue weighted by Crippen LogP contribution is 2.30. The van der Waals surface area contributed by atoms with Crippen molar-refractivity contribution in [1.82, 2.24) is 4.90 Å². The number of amides is 1. The van der Waals surface area contributed by atoms with E-state index in [4.69, 9.17) is 5.11 Å². The molecule has 1 aliphatic rings. The predicted molar refractivity (Wildman–Crippen MR) is 60.5 cm³/mol. The summed E-state index contributed by atoms with van der Waals surface area (Å²) >= 11 is 0. The number of aliphatic hydroxyl groups excluding tert-OH is 1. The molecule has 0 aliphatic heterocycles. The molecule has 1 rings (SSSR count). The van der Waals surface area contributed by atoms with Gasteiger partial charge in [-0.2, -0.15) is 0 Å². The first-order valence-corrected chi connectivity index (χ1v) is 6.05. The van der Waals surface area contributed by atoms with Crippen molar-refractivity contribution in [2.24, 2.45) is 5.92 Å². The summed E-state index contributed by atoms with van der Waals surface area (Å²) < 4.78 is 0. The Morgan fingerprint density at radius 3 is 2.53 bits per heavy atom. The molecule has 0 unspecified atom stereocenters. The number of hydrogen-bond donors (Lipinski definition) is 1. The van der Waals surface area contributed by atoms with Crippen molar-refractivity contribution in [2.45, 2.75) is 52.0 Å². The third kappa shape index (κ3) is 3.82. The maximum Gasteiger partial charge on any atom is 0.223 e. The molecule has 0 radical (unpaired) electrons. The van der Waals surface area contributed by atoms with E-state index in [1.54, 1.807) is 0 Å². The molecule has 0 saturated heterocycles. The molecule has 0 atom stereocenters. The van der Waals surface area contributed by atoms with Gasteiger partial charge in [0.2, 0.25) is 5.91 Å². The van der Waals surface area contributed by atoms with Crippen LogP contribution in [-0.2, 0) is 4.79 Å². The Bertz CT molecular complexity index is 200. The zero-order chi connectivity index (χ0) is 11.3. The van der Waals surface area contributed by atoms with Crippen molar-refractivity contribution in [3.63, 3.8) is 0 Å². The van der Waals surface area contributed by atoms with Gasteiger partial charge in [0.25, 0.3) is 0 Å². The first-order chi connectivity index (χ1) is 7.15. The van der Waals surface area contributed by atoms with Crippen LogP contribution in [0.5, 0.6) is 0 Å². The Morgan fingerprint density at radius 2 is 2.13 bits per heavy atom. The number of carbonyl (C=O) groups excluding carboxylic acids is 1. The predicted octanol–water partition coefficient (Wildman–Crippen LogP) is 1.80. The fourth-order valence-corrected chi connectivity index (χ4v) is 1.97. The minimum absolute atomic E-state index is 0.167. The summed E-state index contributed by atoms with van der Waals surface area (Å²) in [6.45, 7) is 4.94.